The third-order valence-corrected chi connectivity index (χ3v) is 2.98. The summed E-state index contributed by atoms with van der Waals surface area (Å²) in [5.41, 5.74) is 6.31. The van der Waals surface area contributed by atoms with Gasteiger partial charge in [0.15, 0.2) is 0 Å². The van der Waals surface area contributed by atoms with Crippen LogP contribution in [0.2, 0.25) is 0 Å². The lowest BCUT2D eigenvalue weighted by Crippen LogP contribution is -2.10. The minimum absolute atomic E-state index is 0.786. The van der Waals surface area contributed by atoms with Gasteiger partial charge in [-0.15, -0.1) is 0 Å². The lowest BCUT2D eigenvalue weighted by atomic mass is 9.97. The second kappa shape index (κ2) is 1.72. The fourth-order valence-corrected chi connectivity index (χ4v) is 2.01. The first kappa shape index (κ1) is 5.72. The van der Waals surface area contributed by atoms with Crippen LogP contribution in [-0.2, 0) is 0 Å². The largest absolute Gasteiger partial charge is 0.330 e. The van der Waals surface area contributed by atoms with Gasteiger partial charge in [-0.1, -0.05) is 0 Å². The van der Waals surface area contributed by atoms with E-state index in [2.05, 4.69) is 0 Å². The summed E-state index contributed by atoms with van der Waals surface area (Å²) in [7, 11) is 0. The lowest BCUT2D eigenvalue weighted by molar-refractivity contribution is 0.411. The maximum absolute atomic E-state index is 5.52. The summed E-state index contributed by atoms with van der Waals surface area (Å²) in [6.45, 7) is 0.913. The van der Waals surface area contributed by atoms with Crippen LogP contribution in [0.5, 0.6) is 0 Å². The second-order valence-corrected chi connectivity index (χ2v) is 3.68. The molecule has 9 heavy (non-hydrogen) atoms. The molecule has 0 saturated heterocycles. The van der Waals surface area contributed by atoms with Crippen molar-refractivity contribution in [3.8, 4) is 0 Å². The van der Waals surface area contributed by atoms with Crippen molar-refractivity contribution in [1.82, 2.24) is 0 Å². The van der Waals surface area contributed by atoms with Crippen LogP contribution in [0.25, 0.3) is 0 Å². The van der Waals surface area contributed by atoms with Crippen molar-refractivity contribution in [3.63, 3.8) is 0 Å². The molecular formula is C8H15N. The fourth-order valence-electron chi connectivity index (χ4n) is 2.01. The van der Waals surface area contributed by atoms with Crippen LogP contribution < -0.4 is 5.73 Å². The van der Waals surface area contributed by atoms with E-state index in [1.54, 1.807) is 0 Å². The van der Waals surface area contributed by atoms with E-state index in [9.17, 15) is 0 Å². The topological polar surface area (TPSA) is 26.0 Å². The Morgan fingerprint density at radius 1 is 1.33 bits per heavy atom. The van der Waals surface area contributed by atoms with Crippen molar-refractivity contribution < 1.29 is 0 Å². The molecule has 2 aliphatic carbocycles. The van der Waals surface area contributed by atoms with E-state index in [-0.39, 0.29) is 0 Å². The first-order valence-electron chi connectivity index (χ1n) is 4.07. The van der Waals surface area contributed by atoms with Crippen LogP contribution in [0, 0.1) is 11.3 Å². The summed E-state index contributed by atoms with van der Waals surface area (Å²) in [6, 6.07) is 0. The molecule has 0 unspecified atom stereocenters. The molecule has 0 atom stereocenters. The van der Waals surface area contributed by atoms with Crippen molar-refractivity contribution in [2.75, 3.05) is 6.54 Å². The molecule has 1 heteroatoms. The van der Waals surface area contributed by atoms with Crippen molar-refractivity contribution in [3.05, 3.63) is 0 Å². The SMILES string of the molecule is NCCC1(C2CC2)CC1. The molecule has 0 aromatic carbocycles. The molecule has 2 aliphatic rings. The van der Waals surface area contributed by atoms with Crippen molar-refractivity contribution >= 4 is 0 Å². The highest BCUT2D eigenvalue weighted by Gasteiger charge is 2.52. The molecule has 0 aliphatic heterocycles. The van der Waals surface area contributed by atoms with Gasteiger partial charge in [0, 0.05) is 0 Å². The molecule has 2 saturated carbocycles. The molecule has 0 heterocycles. The quantitative estimate of drug-likeness (QED) is 0.608. The second-order valence-electron chi connectivity index (χ2n) is 3.68. The molecule has 0 amide bonds. The number of hydrogen-bond acceptors (Lipinski definition) is 1. The molecular weight excluding hydrogens is 110 g/mol. The van der Waals surface area contributed by atoms with Gasteiger partial charge in [-0.3, -0.25) is 0 Å². The van der Waals surface area contributed by atoms with Crippen LogP contribution in [0.3, 0.4) is 0 Å². The van der Waals surface area contributed by atoms with E-state index in [1.807, 2.05) is 0 Å². The summed E-state index contributed by atoms with van der Waals surface area (Å²) in [5, 5.41) is 0. The normalized spacial score (nSPS) is 30.3. The molecule has 0 bridgehead atoms. The Morgan fingerprint density at radius 2 is 2.00 bits per heavy atom. The highest BCUT2D eigenvalue weighted by Crippen LogP contribution is 2.63. The van der Waals surface area contributed by atoms with E-state index in [4.69, 9.17) is 5.73 Å². The Bertz CT molecular complexity index is 112. The van der Waals surface area contributed by atoms with Gasteiger partial charge in [0.1, 0.15) is 0 Å². The Balaban J connectivity index is 1.89. The summed E-state index contributed by atoms with van der Waals surface area (Å²) < 4.78 is 0. The third-order valence-electron chi connectivity index (χ3n) is 2.98. The van der Waals surface area contributed by atoms with Gasteiger partial charge >= 0.3 is 0 Å². The molecule has 2 fully saturated rings. The fraction of sp³-hybridized carbons (Fsp3) is 1.00. The van der Waals surface area contributed by atoms with Crippen LogP contribution in [-0.4, -0.2) is 6.54 Å². The molecule has 1 nitrogen and oxygen atoms in total. The van der Waals surface area contributed by atoms with Gasteiger partial charge in [-0.05, 0) is 50.0 Å². The minimum atomic E-state index is 0.786. The zero-order valence-corrected chi connectivity index (χ0v) is 5.90. The van der Waals surface area contributed by atoms with Gasteiger partial charge in [0.2, 0.25) is 0 Å². The van der Waals surface area contributed by atoms with Gasteiger partial charge in [0.25, 0.3) is 0 Å². The smallest absolute Gasteiger partial charge is 0.00719 e. The molecule has 2 rings (SSSR count). The van der Waals surface area contributed by atoms with E-state index in [0.717, 1.165) is 17.9 Å². The molecule has 0 aromatic heterocycles. The molecule has 52 valence electrons. The summed E-state index contributed by atoms with van der Waals surface area (Å²) in [5.74, 6) is 1.10. The summed E-state index contributed by atoms with van der Waals surface area (Å²) in [6.07, 6.45) is 7.27. The van der Waals surface area contributed by atoms with Gasteiger partial charge in [0.05, 0.1) is 0 Å². The number of nitrogens with two attached hydrogens (primary N) is 1. The first-order chi connectivity index (χ1) is 4.37. The first-order valence-corrected chi connectivity index (χ1v) is 4.07. The van der Waals surface area contributed by atoms with E-state index >= 15 is 0 Å². The number of hydrogen-bond donors (Lipinski definition) is 1. The molecule has 0 aromatic rings. The van der Waals surface area contributed by atoms with Crippen LogP contribution in [0.15, 0.2) is 0 Å². The van der Waals surface area contributed by atoms with Crippen LogP contribution >= 0.6 is 0 Å². The Kier molecular flexibility index (Phi) is 1.10. The Morgan fingerprint density at radius 3 is 2.33 bits per heavy atom. The molecule has 2 N–H and O–H groups in total. The van der Waals surface area contributed by atoms with E-state index in [1.165, 1.54) is 32.1 Å². The molecule has 0 radical (unpaired) electrons. The highest BCUT2D eigenvalue weighted by molar-refractivity contribution is 5.03. The molecule has 0 spiro atoms. The van der Waals surface area contributed by atoms with E-state index in [0.29, 0.717) is 0 Å². The zero-order chi connectivity index (χ0) is 6.32. The van der Waals surface area contributed by atoms with Gasteiger partial charge in [-0.25, -0.2) is 0 Å². The Hall–Kier alpha value is -0.0400. The van der Waals surface area contributed by atoms with Crippen LogP contribution in [0.1, 0.15) is 32.1 Å². The lowest BCUT2D eigenvalue weighted by Gasteiger charge is -2.10. The predicted molar refractivity (Wildman–Crippen MR) is 38.1 cm³/mol. The highest BCUT2D eigenvalue weighted by atomic mass is 14.6. The monoisotopic (exact) mass is 125 g/mol. The average Bonchev–Trinajstić information content (AvgIpc) is 2.61. The predicted octanol–water partition coefficient (Wildman–Crippen LogP) is 1.53. The van der Waals surface area contributed by atoms with E-state index < -0.39 is 0 Å². The van der Waals surface area contributed by atoms with Gasteiger partial charge < -0.3 is 5.73 Å². The number of rotatable bonds is 3. The van der Waals surface area contributed by atoms with Crippen molar-refractivity contribution in [2.24, 2.45) is 17.1 Å². The van der Waals surface area contributed by atoms with Gasteiger partial charge in [-0.2, -0.15) is 0 Å². The minimum Gasteiger partial charge on any atom is -0.330 e. The van der Waals surface area contributed by atoms with Crippen molar-refractivity contribution in [2.45, 2.75) is 32.1 Å². The Labute approximate surface area is 56.6 Å². The maximum Gasteiger partial charge on any atom is -0.00719 e. The summed E-state index contributed by atoms with van der Waals surface area (Å²) in [4.78, 5) is 0. The average molecular weight is 125 g/mol. The van der Waals surface area contributed by atoms with Crippen LogP contribution in [0.4, 0.5) is 0 Å². The third kappa shape index (κ3) is 0.877. The standard InChI is InChI=1S/C8H15N/c9-6-5-8(3-4-8)7-1-2-7/h7H,1-6,9H2. The van der Waals surface area contributed by atoms with Crippen molar-refractivity contribution in [1.29, 1.82) is 0 Å². The summed E-state index contributed by atoms with van der Waals surface area (Å²) >= 11 is 0. The maximum atomic E-state index is 5.52. The zero-order valence-electron chi connectivity index (χ0n) is 5.90.